The molecule has 1 aliphatic heterocycles. The molecule has 134 valence electrons. The van der Waals surface area contributed by atoms with E-state index in [-0.39, 0.29) is 11.3 Å². The number of carboxylic acids is 1. The van der Waals surface area contributed by atoms with Gasteiger partial charge in [-0.2, -0.15) is 4.98 Å². The standard InChI is InChI=1S/C17H27N3O4/c1-11-8-9-20(12(10-11)15(22)23)14(21)7-5-6-13-18-16(19-24-13)17(2,3)4/h11-12H,5-10H2,1-4H3,(H,22,23). The largest absolute Gasteiger partial charge is 0.480 e. The molecule has 0 aromatic carbocycles. The maximum atomic E-state index is 12.4. The van der Waals surface area contributed by atoms with Gasteiger partial charge < -0.3 is 14.5 Å². The number of rotatable bonds is 5. The van der Waals surface area contributed by atoms with Crippen molar-refractivity contribution in [1.29, 1.82) is 0 Å². The van der Waals surface area contributed by atoms with Gasteiger partial charge in [0, 0.05) is 24.8 Å². The Morgan fingerprint density at radius 1 is 1.38 bits per heavy atom. The van der Waals surface area contributed by atoms with Gasteiger partial charge in [-0.05, 0) is 25.2 Å². The van der Waals surface area contributed by atoms with Gasteiger partial charge in [-0.3, -0.25) is 4.79 Å². The molecule has 1 aliphatic rings. The first-order chi connectivity index (χ1) is 11.2. The van der Waals surface area contributed by atoms with E-state index in [1.54, 1.807) is 0 Å². The number of aliphatic carboxylic acids is 1. The summed E-state index contributed by atoms with van der Waals surface area (Å²) in [6.45, 7) is 8.57. The Labute approximate surface area is 142 Å². The lowest BCUT2D eigenvalue weighted by atomic mass is 9.92. The molecule has 1 N–H and O–H groups in total. The number of hydrogen-bond acceptors (Lipinski definition) is 5. The van der Waals surface area contributed by atoms with Crippen molar-refractivity contribution < 1.29 is 19.2 Å². The van der Waals surface area contributed by atoms with Crippen LogP contribution in [0.4, 0.5) is 0 Å². The average Bonchev–Trinajstić information content (AvgIpc) is 2.96. The molecule has 2 rings (SSSR count). The summed E-state index contributed by atoms with van der Waals surface area (Å²) in [5.41, 5.74) is -0.170. The van der Waals surface area contributed by atoms with Crippen molar-refractivity contribution in [2.75, 3.05) is 6.54 Å². The molecule has 0 radical (unpaired) electrons. The fraction of sp³-hybridized carbons (Fsp3) is 0.765. The minimum Gasteiger partial charge on any atom is -0.480 e. The normalized spacial score (nSPS) is 21.8. The van der Waals surface area contributed by atoms with Crippen LogP contribution < -0.4 is 0 Å². The quantitative estimate of drug-likeness (QED) is 0.886. The molecule has 0 saturated carbocycles. The number of likely N-dealkylation sites (tertiary alicyclic amines) is 1. The Morgan fingerprint density at radius 3 is 2.67 bits per heavy atom. The number of aryl methyl sites for hydroxylation is 1. The van der Waals surface area contributed by atoms with E-state index in [0.717, 1.165) is 6.42 Å². The van der Waals surface area contributed by atoms with Gasteiger partial charge in [0.15, 0.2) is 5.82 Å². The molecule has 2 atom stereocenters. The van der Waals surface area contributed by atoms with Gasteiger partial charge in [0.2, 0.25) is 11.8 Å². The van der Waals surface area contributed by atoms with E-state index in [2.05, 4.69) is 10.1 Å². The highest BCUT2D eigenvalue weighted by atomic mass is 16.5. The van der Waals surface area contributed by atoms with E-state index in [1.165, 1.54) is 4.90 Å². The fourth-order valence-corrected chi connectivity index (χ4v) is 2.87. The summed E-state index contributed by atoms with van der Waals surface area (Å²) in [4.78, 5) is 29.6. The second-order valence-electron chi connectivity index (χ2n) is 7.69. The van der Waals surface area contributed by atoms with Crippen molar-refractivity contribution in [2.45, 2.75) is 71.3 Å². The average molecular weight is 337 g/mol. The van der Waals surface area contributed by atoms with Gasteiger partial charge in [0.1, 0.15) is 6.04 Å². The van der Waals surface area contributed by atoms with Crippen LogP contribution in [0.15, 0.2) is 4.52 Å². The highest BCUT2D eigenvalue weighted by Gasteiger charge is 2.34. The Kier molecular flexibility index (Phi) is 5.62. The van der Waals surface area contributed by atoms with E-state index in [1.807, 2.05) is 27.7 Å². The van der Waals surface area contributed by atoms with E-state index in [4.69, 9.17) is 4.52 Å². The summed E-state index contributed by atoms with van der Waals surface area (Å²) in [6.07, 6.45) is 2.78. The van der Waals surface area contributed by atoms with Gasteiger partial charge >= 0.3 is 5.97 Å². The maximum absolute atomic E-state index is 12.4. The number of piperidine rings is 1. The predicted molar refractivity (Wildman–Crippen MR) is 87.5 cm³/mol. The topological polar surface area (TPSA) is 96.5 Å². The Morgan fingerprint density at radius 2 is 2.08 bits per heavy atom. The monoisotopic (exact) mass is 337 g/mol. The summed E-state index contributed by atoms with van der Waals surface area (Å²) in [7, 11) is 0. The summed E-state index contributed by atoms with van der Waals surface area (Å²) in [5.74, 6) is 0.491. The van der Waals surface area contributed by atoms with Crippen molar-refractivity contribution in [2.24, 2.45) is 5.92 Å². The Balaban J connectivity index is 1.86. The molecule has 2 heterocycles. The van der Waals surface area contributed by atoms with Crippen LogP contribution in [-0.2, 0) is 21.4 Å². The van der Waals surface area contributed by atoms with Crippen molar-refractivity contribution in [1.82, 2.24) is 15.0 Å². The van der Waals surface area contributed by atoms with Gasteiger partial charge in [-0.25, -0.2) is 4.79 Å². The number of nitrogens with zero attached hydrogens (tertiary/aromatic N) is 3. The zero-order valence-corrected chi connectivity index (χ0v) is 14.9. The maximum Gasteiger partial charge on any atom is 0.326 e. The van der Waals surface area contributed by atoms with Crippen LogP contribution in [0.1, 0.15) is 65.1 Å². The van der Waals surface area contributed by atoms with Gasteiger partial charge in [-0.1, -0.05) is 32.9 Å². The minimum atomic E-state index is -0.915. The number of carboxylic acid groups (broad SMARTS) is 1. The molecule has 7 heteroatoms. The van der Waals surface area contributed by atoms with E-state index < -0.39 is 12.0 Å². The highest BCUT2D eigenvalue weighted by Crippen LogP contribution is 2.24. The molecule has 7 nitrogen and oxygen atoms in total. The molecule has 0 bridgehead atoms. The Hall–Kier alpha value is -1.92. The lowest BCUT2D eigenvalue weighted by Crippen LogP contribution is -2.49. The first kappa shape index (κ1) is 18.4. The first-order valence-corrected chi connectivity index (χ1v) is 8.54. The summed E-state index contributed by atoms with van der Waals surface area (Å²) in [6, 6.07) is -0.697. The van der Waals surface area contributed by atoms with Crippen LogP contribution in [0.2, 0.25) is 0 Å². The van der Waals surface area contributed by atoms with Crippen LogP contribution in [0.25, 0.3) is 0 Å². The molecule has 0 spiro atoms. The molecular formula is C17H27N3O4. The molecular weight excluding hydrogens is 310 g/mol. The smallest absolute Gasteiger partial charge is 0.326 e. The van der Waals surface area contributed by atoms with Crippen molar-refractivity contribution >= 4 is 11.9 Å². The van der Waals surface area contributed by atoms with Crippen LogP contribution in [0.3, 0.4) is 0 Å². The minimum absolute atomic E-state index is 0.107. The zero-order valence-electron chi connectivity index (χ0n) is 14.9. The van der Waals surface area contributed by atoms with Crippen molar-refractivity contribution in [3.8, 4) is 0 Å². The molecule has 24 heavy (non-hydrogen) atoms. The second-order valence-corrected chi connectivity index (χ2v) is 7.69. The van der Waals surface area contributed by atoms with Crippen molar-refractivity contribution in [3.63, 3.8) is 0 Å². The molecule has 1 amide bonds. The molecule has 1 aromatic rings. The van der Waals surface area contributed by atoms with Gasteiger partial charge in [-0.15, -0.1) is 0 Å². The third kappa shape index (κ3) is 4.55. The van der Waals surface area contributed by atoms with Crippen LogP contribution in [0, 0.1) is 5.92 Å². The SMILES string of the molecule is CC1CCN(C(=O)CCCc2nc(C(C)(C)C)no2)C(C(=O)O)C1. The lowest BCUT2D eigenvalue weighted by molar-refractivity contribution is -0.153. The van der Waals surface area contributed by atoms with Gasteiger partial charge in [0.05, 0.1) is 0 Å². The fourth-order valence-electron chi connectivity index (χ4n) is 2.87. The van der Waals surface area contributed by atoms with E-state index >= 15 is 0 Å². The first-order valence-electron chi connectivity index (χ1n) is 8.54. The predicted octanol–water partition coefficient (Wildman–Crippen LogP) is 2.40. The molecule has 1 fully saturated rings. The third-order valence-corrected chi connectivity index (χ3v) is 4.39. The third-order valence-electron chi connectivity index (χ3n) is 4.39. The molecule has 1 saturated heterocycles. The summed E-state index contributed by atoms with van der Waals surface area (Å²) in [5, 5.41) is 13.3. The number of carbonyl (C=O) groups excluding carboxylic acids is 1. The van der Waals surface area contributed by atoms with Crippen LogP contribution in [-0.4, -0.2) is 44.6 Å². The Bertz CT molecular complexity index is 591. The van der Waals surface area contributed by atoms with Crippen molar-refractivity contribution in [3.05, 3.63) is 11.7 Å². The lowest BCUT2D eigenvalue weighted by Gasteiger charge is -2.36. The van der Waals surface area contributed by atoms with Gasteiger partial charge in [0.25, 0.3) is 0 Å². The summed E-state index contributed by atoms with van der Waals surface area (Å²) >= 11 is 0. The number of carbonyl (C=O) groups is 2. The van der Waals surface area contributed by atoms with E-state index in [9.17, 15) is 14.7 Å². The second kappa shape index (κ2) is 7.32. The number of amides is 1. The van der Waals surface area contributed by atoms with Crippen LogP contribution >= 0.6 is 0 Å². The molecule has 0 aliphatic carbocycles. The number of aromatic nitrogens is 2. The number of hydrogen-bond donors (Lipinski definition) is 1. The molecule has 2 unspecified atom stereocenters. The zero-order chi connectivity index (χ0) is 17.9. The highest BCUT2D eigenvalue weighted by molar-refractivity contribution is 5.83. The summed E-state index contributed by atoms with van der Waals surface area (Å²) < 4.78 is 5.21. The van der Waals surface area contributed by atoms with Crippen LogP contribution in [0.5, 0.6) is 0 Å². The molecule has 1 aromatic heterocycles. The van der Waals surface area contributed by atoms with E-state index in [0.29, 0.717) is 49.9 Å².